The van der Waals surface area contributed by atoms with Crippen LogP contribution in [0.4, 0.5) is 5.82 Å². The highest BCUT2D eigenvalue weighted by Crippen LogP contribution is 2.40. The molecule has 1 aliphatic carbocycles. The maximum absolute atomic E-state index is 12.2. The Morgan fingerprint density at radius 2 is 2.02 bits per heavy atom. The van der Waals surface area contributed by atoms with Crippen LogP contribution < -0.4 is 15.8 Å². The first-order chi connectivity index (χ1) is 22.0. The molecular weight excluding hydrogens is 566 g/mol. The second-order valence-corrected chi connectivity index (χ2v) is 12.2. The number of carbonyl (C=O) groups excluding carboxylic acids is 1. The van der Waals surface area contributed by atoms with Gasteiger partial charge in [-0.05, 0) is 75.1 Å². The van der Waals surface area contributed by atoms with Crippen LogP contribution in [0, 0.1) is 0 Å². The summed E-state index contributed by atoms with van der Waals surface area (Å²) < 4.78 is 10.1. The van der Waals surface area contributed by atoms with Crippen molar-refractivity contribution in [1.82, 2.24) is 39.5 Å². The van der Waals surface area contributed by atoms with Crippen LogP contribution in [0.25, 0.3) is 34.1 Å². The lowest BCUT2D eigenvalue weighted by atomic mass is 9.96. The van der Waals surface area contributed by atoms with Gasteiger partial charge in [0.1, 0.15) is 23.7 Å². The third-order valence-electron chi connectivity index (χ3n) is 9.22. The number of aromatic nitrogens is 6. The molecule has 0 spiro atoms. The van der Waals surface area contributed by atoms with E-state index in [9.17, 15) is 4.79 Å². The molecule has 1 aromatic carbocycles. The largest absolute Gasteiger partial charge is 0.491 e. The van der Waals surface area contributed by atoms with Crippen molar-refractivity contribution in [3.63, 3.8) is 0 Å². The third-order valence-corrected chi connectivity index (χ3v) is 9.22. The normalized spacial score (nSPS) is 21.1. The molecule has 3 atom stereocenters. The number of fused-ring (bicyclic) bond motifs is 2. The van der Waals surface area contributed by atoms with Gasteiger partial charge in [-0.1, -0.05) is 12.6 Å². The fourth-order valence-corrected chi connectivity index (χ4v) is 6.70. The fraction of sp³-hybridized carbons (Fsp3) is 0.324. The van der Waals surface area contributed by atoms with E-state index in [2.05, 4.69) is 48.1 Å². The number of nitrogens with two attached hydrogens (primary N) is 1. The molecule has 8 rings (SSSR count). The molecule has 6 heterocycles. The minimum absolute atomic E-state index is 0.00305. The summed E-state index contributed by atoms with van der Waals surface area (Å²) in [5.41, 5.74) is 11.6. The van der Waals surface area contributed by atoms with Crippen molar-refractivity contribution in [3.8, 4) is 28.6 Å². The number of likely N-dealkylation sites (tertiary alicyclic amines) is 1. The smallest absolute Gasteiger partial charge is 0.246 e. The first kappa shape index (κ1) is 27.5. The van der Waals surface area contributed by atoms with Crippen molar-refractivity contribution in [2.75, 3.05) is 18.9 Å². The Kier molecular flexibility index (Phi) is 6.63. The molecule has 2 fully saturated rings. The molecule has 1 unspecified atom stereocenters. The van der Waals surface area contributed by atoms with Crippen LogP contribution in [0.3, 0.4) is 0 Å². The lowest BCUT2D eigenvalue weighted by Gasteiger charge is -2.38. The molecule has 1 amide bonds. The third kappa shape index (κ3) is 4.93. The van der Waals surface area contributed by atoms with Gasteiger partial charge in [-0.2, -0.15) is 5.10 Å². The number of hydrogen-bond acceptors (Lipinski definition) is 8. The number of hydrogen-bond donors (Lipinski definition) is 2. The van der Waals surface area contributed by atoms with Crippen LogP contribution in [0.5, 0.6) is 5.75 Å². The van der Waals surface area contributed by atoms with E-state index in [1.807, 2.05) is 44.6 Å². The number of amides is 1. The van der Waals surface area contributed by atoms with E-state index < -0.39 is 0 Å². The van der Waals surface area contributed by atoms with Gasteiger partial charge in [0.05, 0.1) is 23.0 Å². The zero-order valence-electron chi connectivity index (χ0n) is 25.1. The number of nitrogens with one attached hydrogen (secondary N) is 1. The van der Waals surface area contributed by atoms with Gasteiger partial charge in [-0.25, -0.2) is 19.6 Å². The molecule has 1 saturated carbocycles. The van der Waals surface area contributed by atoms with Gasteiger partial charge in [-0.15, -0.1) is 0 Å². The molecule has 5 aromatic rings. The maximum atomic E-state index is 12.2. The molecular formula is C34H35N9O2. The van der Waals surface area contributed by atoms with Crippen molar-refractivity contribution in [3.05, 3.63) is 84.8 Å². The summed E-state index contributed by atoms with van der Waals surface area (Å²) in [6.07, 6.45) is 9.20. The fourth-order valence-electron chi connectivity index (χ4n) is 6.70. The zero-order valence-corrected chi connectivity index (χ0v) is 25.1. The Bertz CT molecular complexity index is 1940. The molecule has 45 heavy (non-hydrogen) atoms. The van der Waals surface area contributed by atoms with E-state index in [4.69, 9.17) is 25.5 Å². The minimum atomic E-state index is -0.00305. The minimum Gasteiger partial charge on any atom is -0.491 e. The van der Waals surface area contributed by atoms with Gasteiger partial charge in [0.15, 0.2) is 17.3 Å². The van der Waals surface area contributed by atoms with E-state index in [1.165, 1.54) is 18.9 Å². The van der Waals surface area contributed by atoms with E-state index in [-0.39, 0.29) is 24.0 Å². The molecule has 3 aliphatic rings. The van der Waals surface area contributed by atoms with Crippen molar-refractivity contribution in [2.45, 2.75) is 56.7 Å². The molecule has 228 valence electrons. The second kappa shape index (κ2) is 10.8. The van der Waals surface area contributed by atoms with Crippen LogP contribution in [0.2, 0.25) is 0 Å². The number of pyridine rings is 2. The summed E-state index contributed by atoms with van der Waals surface area (Å²) in [6.45, 7) is 7.00. The van der Waals surface area contributed by atoms with Crippen LogP contribution in [-0.4, -0.2) is 65.3 Å². The molecule has 11 heteroatoms. The van der Waals surface area contributed by atoms with Crippen LogP contribution >= 0.6 is 0 Å². The number of piperidine rings is 1. The molecule has 11 nitrogen and oxygen atoms in total. The first-order valence-corrected chi connectivity index (χ1v) is 15.6. The number of benzene rings is 1. The lowest BCUT2D eigenvalue weighted by molar-refractivity contribution is -0.129. The number of ether oxygens (including phenoxy) is 1. The van der Waals surface area contributed by atoms with Gasteiger partial charge in [-0.3, -0.25) is 9.36 Å². The van der Waals surface area contributed by atoms with Gasteiger partial charge in [0, 0.05) is 48.6 Å². The van der Waals surface area contributed by atoms with Gasteiger partial charge in [0.2, 0.25) is 5.91 Å². The summed E-state index contributed by atoms with van der Waals surface area (Å²) in [6, 6.07) is 16.5. The van der Waals surface area contributed by atoms with E-state index in [1.54, 1.807) is 6.20 Å². The van der Waals surface area contributed by atoms with Gasteiger partial charge in [0.25, 0.3) is 0 Å². The monoisotopic (exact) mass is 601 g/mol. The molecule has 3 N–H and O–H groups in total. The number of imidazole rings is 1. The molecule has 1 saturated heterocycles. The average Bonchev–Trinajstić information content (AvgIpc) is 3.47. The van der Waals surface area contributed by atoms with E-state index in [0.717, 1.165) is 52.4 Å². The summed E-state index contributed by atoms with van der Waals surface area (Å²) in [7, 11) is 0. The Labute approximate surface area is 260 Å². The van der Waals surface area contributed by atoms with E-state index >= 15 is 0 Å². The van der Waals surface area contributed by atoms with Crippen molar-refractivity contribution < 1.29 is 9.53 Å². The predicted octanol–water partition coefficient (Wildman–Crippen LogP) is 4.72. The van der Waals surface area contributed by atoms with Crippen LogP contribution in [0.15, 0.2) is 73.6 Å². The quantitative estimate of drug-likeness (QED) is 0.257. The topological polar surface area (TPSA) is 129 Å². The standard InChI is InChI=1S/C34H35N9O2/c1-3-31(44)41-15-12-22(17-20(41)2)37-28-19-45-29-18-23(8-9-24(28)29)43-33(25-5-4-14-36-32(25)35)38-27-10-11-30(39-34(27)43)42-16-13-26(40-42)21-6-7-21/h3-5,8-11,13-14,16,18,20-22,28,37H,1,6-7,12,15,17,19H2,2H3,(H2,35,36)/t20-,22?,28+/m1/s1. The summed E-state index contributed by atoms with van der Waals surface area (Å²) in [4.78, 5) is 28.5. The SMILES string of the molecule is C=CC(=O)N1CCC(N[C@H]2COc3cc(-n4c(-c5cccnc5N)nc5ccc(-n6ccc(C7CC7)n6)nc54)ccc32)C[C@H]1C. The van der Waals surface area contributed by atoms with Crippen LogP contribution in [0.1, 0.15) is 55.8 Å². The Balaban J connectivity index is 1.14. The average molecular weight is 602 g/mol. The number of carbonyl (C=O) groups is 1. The second-order valence-electron chi connectivity index (χ2n) is 12.2. The van der Waals surface area contributed by atoms with Crippen molar-refractivity contribution in [1.29, 1.82) is 0 Å². The molecule has 0 bridgehead atoms. The first-order valence-electron chi connectivity index (χ1n) is 15.6. The number of anilines is 1. The molecule has 0 radical (unpaired) electrons. The number of nitrogens with zero attached hydrogens (tertiary/aromatic N) is 7. The Hall–Kier alpha value is -5.03. The summed E-state index contributed by atoms with van der Waals surface area (Å²) >= 11 is 0. The number of nitrogen functional groups attached to an aromatic ring is 1. The number of rotatable bonds is 7. The van der Waals surface area contributed by atoms with Crippen LogP contribution in [-0.2, 0) is 4.79 Å². The summed E-state index contributed by atoms with van der Waals surface area (Å²) in [5, 5.41) is 8.60. The highest BCUT2D eigenvalue weighted by atomic mass is 16.5. The Morgan fingerprint density at radius 1 is 1.13 bits per heavy atom. The van der Waals surface area contributed by atoms with Gasteiger partial charge >= 0.3 is 0 Å². The predicted molar refractivity (Wildman–Crippen MR) is 171 cm³/mol. The highest BCUT2D eigenvalue weighted by Gasteiger charge is 2.32. The van der Waals surface area contributed by atoms with Crippen molar-refractivity contribution in [2.24, 2.45) is 0 Å². The zero-order chi connectivity index (χ0) is 30.7. The van der Waals surface area contributed by atoms with Gasteiger partial charge < -0.3 is 20.7 Å². The highest BCUT2D eigenvalue weighted by molar-refractivity contribution is 5.87. The Morgan fingerprint density at radius 3 is 2.82 bits per heavy atom. The summed E-state index contributed by atoms with van der Waals surface area (Å²) in [5.74, 6) is 3.15. The maximum Gasteiger partial charge on any atom is 0.246 e. The van der Waals surface area contributed by atoms with Crippen molar-refractivity contribution >= 4 is 22.9 Å². The lowest BCUT2D eigenvalue weighted by Crippen LogP contribution is -2.50. The van der Waals surface area contributed by atoms with E-state index in [0.29, 0.717) is 36.4 Å². The molecule has 4 aromatic heterocycles. The molecule has 2 aliphatic heterocycles.